The molecule has 0 bridgehead atoms. The number of ether oxygens (including phenoxy) is 1. The molecule has 4 aromatic rings. The summed E-state index contributed by atoms with van der Waals surface area (Å²) in [6, 6.07) is 21.1. The third kappa shape index (κ3) is 4.77. The fraction of sp³-hybridized carbons (Fsp3) is 0.0435. The van der Waals surface area contributed by atoms with Gasteiger partial charge in [0.2, 0.25) is 0 Å². The van der Waals surface area contributed by atoms with Crippen LogP contribution in [-0.2, 0) is 0 Å². The highest BCUT2D eigenvalue weighted by Gasteiger charge is 2.15. The number of hydrogen-bond acceptors (Lipinski definition) is 4. The SMILES string of the molecule is COc1ccccc1-c1nn(-c2ccccc2)cc1C=NNc1c(Cl)cc(Br)cc1Cl. The van der Waals surface area contributed by atoms with Crippen LogP contribution in [0.2, 0.25) is 10.0 Å². The van der Waals surface area contributed by atoms with Gasteiger partial charge in [-0.2, -0.15) is 10.2 Å². The van der Waals surface area contributed by atoms with E-state index in [0.717, 1.165) is 32.7 Å². The number of rotatable bonds is 6. The largest absolute Gasteiger partial charge is 0.496 e. The van der Waals surface area contributed by atoms with E-state index in [0.29, 0.717) is 15.7 Å². The summed E-state index contributed by atoms with van der Waals surface area (Å²) in [5.41, 5.74) is 6.78. The van der Waals surface area contributed by atoms with Crippen LogP contribution in [0.1, 0.15) is 5.56 Å². The zero-order valence-electron chi connectivity index (χ0n) is 16.4. The normalized spacial score (nSPS) is 11.1. The number of anilines is 1. The Labute approximate surface area is 198 Å². The van der Waals surface area contributed by atoms with Crippen LogP contribution in [0.25, 0.3) is 16.9 Å². The van der Waals surface area contributed by atoms with Crippen molar-refractivity contribution in [2.75, 3.05) is 12.5 Å². The third-order valence-electron chi connectivity index (χ3n) is 4.51. The summed E-state index contributed by atoms with van der Waals surface area (Å²) >= 11 is 15.9. The minimum absolute atomic E-state index is 0.460. The van der Waals surface area contributed by atoms with Crippen molar-refractivity contribution in [3.05, 3.63) is 93.0 Å². The first-order valence-electron chi connectivity index (χ1n) is 9.29. The van der Waals surface area contributed by atoms with Crippen LogP contribution in [0.15, 0.2) is 82.5 Å². The smallest absolute Gasteiger partial charge is 0.128 e. The molecule has 0 saturated carbocycles. The van der Waals surface area contributed by atoms with Crippen LogP contribution in [-0.4, -0.2) is 23.1 Å². The minimum atomic E-state index is 0.460. The molecule has 3 aromatic carbocycles. The molecule has 31 heavy (non-hydrogen) atoms. The molecule has 0 amide bonds. The fourth-order valence-corrected chi connectivity index (χ4v) is 4.35. The van der Waals surface area contributed by atoms with Crippen LogP contribution in [0.4, 0.5) is 5.69 Å². The summed E-state index contributed by atoms with van der Waals surface area (Å²) in [6.07, 6.45) is 3.59. The Hall–Kier alpha value is -2.80. The number of nitrogens with zero attached hydrogens (tertiary/aromatic N) is 3. The van der Waals surface area contributed by atoms with E-state index in [1.54, 1.807) is 25.5 Å². The first-order chi connectivity index (χ1) is 15.1. The minimum Gasteiger partial charge on any atom is -0.496 e. The number of nitrogens with one attached hydrogen (secondary N) is 1. The maximum absolute atomic E-state index is 6.28. The van der Waals surface area contributed by atoms with Gasteiger partial charge in [-0.3, -0.25) is 5.43 Å². The summed E-state index contributed by atoms with van der Waals surface area (Å²) in [4.78, 5) is 0. The predicted molar refractivity (Wildman–Crippen MR) is 131 cm³/mol. The second-order valence-electron chi connectivity index (χ2n) is 6.53. The Bertz CT molecular complexity index is 1220. The molecular weight excluding hydrogens is 499 g/mol. The van der Waals surface area contributed by atoms with Gasteiger partial charge in [0.05, 0.1) is 34.7 Å². The Kier molecular flexibility index (Phi) is 6.61. The molecule has 0 aliphatic heterocycles. The topological polar surface area (TPSA) is 51.4 Å². The summed E-state index contributed by atoms with van der Waals surface area (Å²) < 4.78 is 8.14. The van der Waals surface area contributed by atoms with Crippen molar-refractivity contribution in [1.82, 2.24) is 9.78 Å². The number of hydrazone groups is 1. The maximum atomic E-state index is 6.28. The lowest BCUT2D eigenvalue weighted by Crippen LogP contribution is -1.95. The Morgan fingerprint density at radius 3 is 2.42 bits per heavy atom. The molecule has 8 heteroatoms. The van der Waals surface area contributed by atoms with Gasteiger partial charge >= 0.3 is 0 Å². The van der Waals surface area contributed by atoms with Crippen molar-refractivity contribution >= 4 is 51.0 Å². The number of halogens is 3. The molecule has 1 N–H and O–H groups in total. The molecule has 156 valence electrons. The van der Waals surface area contributed by atoms with Crippen molar-refractivity contribution in [1.29, 1.82) is 0 Å². The summed E-state index contributed by atoms with van der Waals surface area (Å²) in [6.45, 7) is 0. The molecule has 4 rings (SSSR count). The number of hydrogen-bond donors (Lipinski definition) is 1. The molecular formula is C23H17BrCl2N4O. The third-order valence-corrected chi connectivity index (χ3v) is 5.57. The molecule has 0 aliphatic carbocycles. The summed E-state index contributed by atoms with van der Waals surface area (Å²) in [5, 5.41) is 10.1. The van der Waals surface area contributed by atoms with Gasteiger partial charge in [0, 0.05) is 21.8 Å². The molecule has 5 nitrogen and oxygen atoms in total. The molecule has 0 saturated heterocycles. The van der Waals surface area contributed by atoms with Crippen LogP contribution in [0, 0.1) is 0 Å². The van der Waals surface area contributed by atoms with Gasteiger partial charge in [0.15, 0.2) is 0 Å². The first-order valence-corrected chi connectivity index (χ1v) is 10.8. The van der Waals surface area contributed by atoms with E-state index < -0.39 is 0 Å². The highest BCUT2D eigenvalue weighted by Crippen LogP contribution is 2.34. The Morgan fingerprint density at radius 1 is 1.03 bits per heavy atom. The predicted octanol–water partition coefficient (Wildman–Crippen LogP) is 7.06. The van der Waals surface area contributed by atoms with Crippen LogP contribution in [0.5, 0.6) is 5.75 Å². The molecule has 0 fully saturated rings. The van der Waals surface area contributed by atoms with Crippen LogP contribution < -0.4 is 10.2 Å². The number of methoxy groups -OCH3 is 1. The zero-order valence-corrected chi connectivity index (χ0v) is 19.5. The lowest BCUT2D eigenvalue weighted by Gasteiger charge is -2.07. The van der Waals surface area contributed by atoms with E-state index >= 15 is 0 Å². The molecule has 0 spiro atoms. The van der Waals surface area contributed by atoms with Gasteiger partial charge in [0.1, 0.15) is 11.4 Å². The Morgan fingerprint density at radius 2 is 1.71 bits per heavy atom. The average Bonchev–Trinajstić information content (AvgIpc) is 3.20. The van der Waals surface area contributed by atoms with Gasteiger partial charge in [-0.25, -0.2) is 4.68 Å². The van der Waals surface area contributed by atoms with Crippen molar-refractivity contribution in [3.63, 3.8) is 0 Å². The van der Waals surface area contributed by atoms with E-state index in [9.17, 15) is 0 Å². The van der Waals surface area contributed by atoms with E-state index in [1.165, 1.54) is 0 Å². The van der Waals surface area contributed by atoms with Crippen LogP contribution in [0.3, 0.4) is 0 Å². The van der Waals surface area contributed by atoms with Gasteiger partial charge in [-0.15, -0.1) is 0 Å². The molecule has 0 aliphatic rings. The lowest BCUT2D eigenvalue weighted by atomic mass is 10.1. The molecule has 0 unspecified atom stereocenters. The highest BCUT2D eigenvalue weighted by molar-refractivity contribution is 9.10. The fourth-order valence-electron chi connectivity index (χ4n) is 3.06. The van der Waals surface area contributed by atoms with Crippen molar-refractivity contribution in [3.8, 4) is 22.7 Å². The van der Waals surface area contributed by atoms with Gasteiger partial charge in [0.25, 0.3) is 0 Å². The van der Waals surface area contributed by atoms with E-state index in [1.807, 2.05) is 65.5 Å². The summed E-state index contributed by atoms with van der Waals surface area (Å²) in [5.74, 6) is 0.724. The van der Waals surface area contributed by atoms with Crippen molar-refractivity contribution < 1.29 is 4.74 Å². The zero-order chi connectivity index (χ0) is 21.8. The standard InChI is InChI=1S/C23H17BrCl2N4O/c1-31-21-10-6-5-9-18(21)22-15(14-30(29-22)17-7-3-2-4-8-17)13-27-28-23-19(25)11-16(24)12-20(23)26/h2-14,28H,1H3. The van der Waals surface area contributed by atoms with Crippen LogP contribution >= 0.6 is 39.1 Å². The Balaban J connectivity index is 1.74. The lowest BCUT2D eigenvalue weighted by molar-refractivity contribution is 0.416. The number of para-hydroxylation sites is 2. The first kappa shape index (κ1) is 21.4. The molecule has 0 atom stereocenters. The van der Waals surface area contributed by atoms with E-state index in [4.69, 9.17) is 33.0 Å². The molecule has 1 aromatic heterocycles. The molecule has 1 heterocycles. The maximum Gasteiger partial charge on any atom is 0.128 e. The van der Waals surface area contributed by atoms with Gasteiger partial charge < -0.3 is 4.74 Å². The van der Waals surface area contributed by atoms with Gasteiger partial charge in [-0.05, 0) is 36.4 Å². The average molecular weight is 516 g/mol. The summed E-state index contributed by atoms with van der Waals surface area (Å²) in [7, 11) is 1.64. The molecule has 0 radical (unpaired) electrons. The monoisotopic (exact) mass is 514 g/mol. The van der Waals surface area contributed by atoms with Crippen molar-refractivity contribution in [2.45, 2.75) is 0 Å². The van der Waals surface area contributed by atoms with E-state index in [-0.39, 0.29) is 0 Å². The highest BCUT2D eigenvalue weighted by atomic mass is 79.9. The quantitative estimate of drug-likeness (QED) is 0.221. The van der Waals surface area contributed by atoms with Crippen molar-refractivity contribution in [2.24, 2.45) is 5.10 Å². The second-order valence-corrected chi connectivity index (χ2v) is 8.26. The number of benzene rings is 3. The second kappa shape index (κ2) is 9.56. The van der Waals surface area contributed by atoms with Gasteiger partial charge in [-0.1, -0.05) is 69.5 Å². The number of aromatic nitrogens is 2. The van der Waals surface area contributed by atoms with E-state index in [2.05, 4.69) is 26.5 Å².